The van der Waals surface area contributed by atoms with E-state index in [1.807, 2.05) is 0 Å². The lowest BCUT2D eigenvalue weighted by Gasteiger charge is -2.13. The average molecular weight is 212 g/mol. The summed E-state index contributed by atoms with van der Waals surface area (Å²) < 4.78 is 0. The Morgan fingerprint density at radius 1 is 0.600 bits per heavy atom. The summed E-state index contributed by atoms with van der Waals surface area (Å²) in [5.41, 5.74) is 0. The highest BCUT2D eigenvalue weighted by Crippen LogP contribution is 2.20. The highest BCUT2D eigenvalue weighted by atomic mass is 14.1. The molecule has 0 nitrogen and oxygen atoms in total. The maximum absolute atomic E-state index is 2.42. The molecule has 0 N–H and O–H groups in total. The molecule has 0 saturated heterocycles. The molecular weight excluding hydrogens is 180 g/mol. The van der Waals surface area contributed by atoms with Crippen molar-refractivity contribution in [2.24, 2.45) is 11.8 Å². The van der Waals surface area contributed by atoms with Gasteiger partial charge in [-0.25, -0.2) is 0 Å². The summed E-state index contributed by atoms with van der Waals surface area (Å²) in [7, 11) is 0. The molecule has 0 aliphatic heterocycles. The minimum Gasteiger partial charge on any atom is -0.0654 e. The van der Waals surface area contributed by atoms with Crippen LogP contribution in [-0.2, 0) is 0 Å². The molecule has 0 rings (SSSR count). The molecule has 0 heterocycles. The largest absolute Gasteiger partial charge is 0.0654 e. The van der Waals surface area contributed by atoms with Crippen LogP contribution in [0.5, 0.6) is 0 Å². The van der Waals surface area contributed by atoms with E-state index in [0.29, 0.717) is 0 Å². The lowest BCUT2D eigenvalue weighted by Crippen LogP contribution is -1.99. The quantitative estimate of drug-likeness (QED) is 0.429. The van der Waals surface area contributed by atoms with Crippen LogP contribution in [0, 0.1) is 11.8 Å². The van der Waals surface area contributed by atoms with E-state index in [1.165, 1.54) is 57.8 Å². The Hall–Kier alpha value is 0. The molecule has 0 bridgehead atoms. The third-order valence-corrected chi connectivity index (χ3v) is 3.49. The van der Waals surface area contributed by atoms with Crippen LogP contribution in [-0.4, -0.2) is 0 Å². The SMILES string of the molecule is CCCCC(C)CCCC(C)CCCC. The average Bonchev–Trinajstić information content (AvgIpc) is 2.23. The fourth-order valence-electron chi connectivity index (χ4n) is 2.21. The number of rotatable bonds is 10. The van der Waals surface area contributed by atoms with Gasteiger partial charge >= 0.3 is 0 Å². The molecule has 0 aliphatic carbocycles. The van der Waals surface area contributed by atoms with Crippen LogP contribution in [0.2, 0.25) is 0 Å². The summed E-state index contributed by atoms with van der Waals surface area (Å²) in [4.78, 5) is 0. The van der Waals surface area contributed by atoms with Crippen LogP contribution in [0.3, 0.4) is 0 Å². The number of hydrogen-bond donors (Lipinski definition) is 0. The lowest BCUT2D eigenvalue weighted by atomic mass is 9.93. The summed E-state index contributed by atoms with van der Waals surface area (Å²) in [5.74, 6) is 1.92. The van der Waals surface area contributed by atoms with E-state index >= 15 is 0 Å². The van der Waals surface area contributed by atoms with Crippen LogP contribution < -0.4 is 0 Å². The van der Waals surface area contributed by atoms with Crippen LogP contribution in [0.1, 0.15) is 85.5 Å². The van der Waals surface area contributed by atoms with Crippen LogP contribution in [0.4, 0.5) is 0 Å². The van der Waals surface area contributed by atoms with E-state index in [0.717, 1.165) is 11.8 Å². The van der Waals surface area contributed by atoms with Gasteiger partial charge < -0.3 is 0 Å². The molecule has 15 heavy (non-hydrogen) atoms. The second-order valence-corrected chi connectivity index (χ2v) is 5.43. The topological polar surface area (TPSA) is 0 Å². The van der Waals surface area contributed by atoms with Crippen molar-refractivity contribution < 1.29 is 0 Å². The molecule has 0 saturated carbocycles. The molecule has 0 aromatic carbocycles. The van der Waals surface area contributed by atoms with Gasteiger partial charge in [0.05, 0.1) is 0 Å². The number of hydrogen-bond acceptors (Lipinski definition) is 0. The Bertz CT molecular complexity index is 103. The van der Waals surface area contributed by atoms with Gasteiger partial charge in [-0.1, -0.05) is 85.5 Å². The summed E-state index contributed by atoms with van der Waals surface area (Å²) in [6, 6.07) is 0. The molecule has 0 radical (unpaired) electrons. The monoisotopic (exact) mass is 212 g/mol. The van der Waals surface area contributed by atoms with Gasteiger partial charge in [-0.2, -0.15) is 0 Å². The van der Waals surface area contributed by atoms with Gasteiger partial charge in [0, 0.05) is 0 Å². The molecule has 0 fully saturated rings. The molecule has 0 aromatic rings. The second-order valence-electron chi connectivity index (χ2n) is 5.43. The predicted molar refractivity (Wildman–Crippen MR) is 71.2 cm³/mol. The Morgan fingerprint density at radius 3 is 1.27 bits per heavy atom. The zero-order valence-corrected chi connectivity index (χ0v) is 11.5. The van der Waals surface area contributed by atoms with Gasteiger partial charge in [0.15, 0.2) is 0 Å². The first-order valence-corrected chi connectivity index (χ1v) is 7.20. The molecule has 2 unspecified atom stereocenters. The van der Waals surface area contributed by atoms with Crippen molar-refractivity contribution >= 4 is 0 Å². The number of unbranched alkanes of at least 4 members (excludes halogenated alkanes) is 2. The van der Waals surface area contributed by atoms with Gasteiger partial charge in [-0.15, -0.1) is 0 Å². The Morgan fingerprint density at radius 2 is 0.933 bits per heavy atom. The van der Waals surface area contributed by atoms with E-state index in [9.17, 15) is 0 Å². The van der Waals surface area contributed by atoms with E-state index < -0.39 is 0 Å². The molecule has 0 heteroatoms. The summed E-state index contributed by atoms with van der Waals surface area (Å²) in [5, 5.41) is 0. The second kappa shape index (κ2) is 10.5. The standard InChI is InChI=1S/C15H32/c1-5-7-10-14(3)12-9-13-15(4)11-8-6-2/h14-15H,5-13H2,1-4H3. The van der Waals surface area contributed by atoms with Crippen LogP contribution >= 0.6 is 0 Å². The fraction of sp³-hybridized carbons (Fsp3) is 1.00. The van der Waals surface area contributed by atoms with E-state index in [1.54, 1.807) is 0 Å². The summed E-state index contributed by atoms with van der Waals surface area (Å²) in [6.45, 7) is 9.43. The van der Waals surface area contributed by atoms with Gasteiger partial charge in [0.1, 0.15) is 0 Å². The van der Waals surface area contributed by atoms with E-state index in [-0.39, 0.29) is 0 Å². The maximum Gasteiger partial charge on any atom is -0.0443 e. The third kappa shape index (κ3) is 10.3. The van der Waals surface area contributed by atoms with Gasteiger partial charge in [0.25, 0.3) is 0 Å². The fourth-order valence-corrected chi connectivity index (χ4v) is 2.21. The van der Waals surface area contributed by atoms with Crippen molar-refractivity contribution in [1.82, 2.24) is 0 Å². The summed E-state index contributed by atoms with van der Waals surface area (Å²) >= 11 is 0. The minimum atomic E-state index is 0.961. The Labute approximate surface area is 97.8 Å². The zero-order chi connectivity index (χ0) is 11.5. The third-order valence-electron chi connectivity index (χ3n) is 3.49. The molecule has 92 valence electrons. The normalized spacial score (nSPS) is 15.2. The van der Waals surface area contributed by atoms with E-state index in [4.69, 9.17) is 0 Å². The first-order chi connectivity index (χ1) is 7.20. The lowest BCUT2D eigenvalue weighted by molar-refractivity contribution is 0.398. The highest BCUT2D eigenvalue weighted by molar-refractivity contribution is 4.58. The van der Waals surface area contributed by atoms with Crippen LogP contribution in [0.15, 0.2) is 0 Å². The van der Waals surface area contributed by atoms with Gasteiger partial charge in [0.2, 0.25) is 0 Å². The zero-order valence-electron chi connectivity index (χ0n) is 11.5. The minimum absolute atomic E-state index is 0.961. The van der Waals surface area contributed by atoms with Crippen molar-refractivity contribution in [3.05, 3.63) is 0 Å². The van der Waals surface area contributed by atoms with Crippen molar-refractivity contribution in [2.45, 2.75) is 85.5 Å². The van der Waals surface area contributed by atoms with Crippen molar-refractivity contribution in [1.29, 1.82) is 0 Å². The van der Waals surface area contributed by atoms with Crippen molar-refractivity contribution in [3.63, 3.8) is 0 Å². The molecular formula is C15H32. The van der Waals surface area contributed by atoms with Crippen molar-refractivity contribution in [2.75, 3.05) is 0 Å². The summed E-state index contributed by atoms with van der Waals surface area (Å²) in [6.07, 6.45) is 12.8. The first-order valence-electron chi connectivity index (χ1n) is 7.20. The van der Waals surface area contributed by atoms with E-state index in [2.05, 4.69) is 27.7 Å². The van der Waals surface area contributed by atoms with Crippen LogP contribution in [0.25, 0.3) is 0 Å². The predicted octanol–water partition coefficient (Wildman–Crippen LogP) is 5.81. The Balaban J connectivity index is 3.27. The van der Waals surface area contributed by atoms with Crippen molar-refractivity contribution in [3.8, 4) is 0 Å². The molecule has 2 atom stereocenters. The first kappa shape index (κ1) is 15.0. The maximum atomic E-state index is 2.42. The molecule has 0 spiro atoms. The molecule has 0 aliphatic rings. The molecule has 0 amide bonds. The molecule has 0 aromatic heterocycles. The Kier molecular flexibility index (Phi) is 10.5. The highest BCUT2D eigenvalue weighted by Gasteiger charge is 2.04. The van der Waals surface area contributed by atoms with Gasteiger partial charge in [-0.3, -0.25) is 0 Å². The smallest absolute Gasteiger partial charge is 0.0443 e. The van der Waals surface area contributed by atoms with Gasteiger partial charge in [-0.05, 0) is 11.8 Å².